The maximum atomic E-state index is 5.18. The van der Waals surface area contributed by atoms with Gasteiger partial charge in [-0.1, -0.05) is 0 Å². The number of ether oxygens (including phenoxy) is 1. The van der Waals surface area contributed by atoms with E-state index >= 15 is 0 Å². The van der Waals surface area contributed by atoms with Crippen LogP contribution in [0.25, 0.3) is 0 Å². The zero-order chi connectivity index (χ0) is 11.4. The molecule has 2 aromatic heterocycles. The van der Waals surface area contributed by atoms with Crippen LogP contribution in [0.15, 0.2) is 24.7 Å². The van der Waals surface area contributed by atoms with Crippen molar-refractivity contribution in [3.8, 4) is 5.75 Å². The molecule has 2 rings (SSSR count). The van der Waals surface area contributed by atoms with E-state index in [1.165, 1.54) is 0 Å². The van der Waals surface area contributed by atoms with Gasteiger partial charge in [0.15, 0.2) is 17.4 Å². The molecule has 6 heteroatoms. The number of aryl methyl sites for hydroxylation is 1. The molecule has 0 aliphatic carbocycles. The second-order valence-corrected chi connectivity index (χ2v) is 3.27. The Morgan fingerprint density at radius 3 is 3.06 bits per heavy atom. The Bertz CT molecular complexity index is 468. The zero-order valence-corrected chi connectivity index (χ0v) is 9.21. The smallest absolute Gasteiger partial charge is 0.169 e. The summed E-state index contributed by atoms with van der Waals surface area (Å²) >= 11 is 0. The molecule has 2 aromatic rings. The number of anilines is 1. The maximum absolute atomic E-state index is 5.18. The minimum absolute atomic E-state index is 0.559. The van der Waals surface area contributed by atoms with E-state index in [-0.39, 0.29) is 0 Å². The largest absolute Gasteiger partial charge is 0.493 e. The van der Waals surface area contributed by atoms with E-state index in [0.29, 0.717) is 18.1 Å². The first-order valence-corrected chi connectivity index (χ1v) is 4.87. The zero-order valence-electron chi connectivity index (χ0n) is 9.21. The van der Waals surface area contributed by atoms with E-state index in [4.69, 9.17) is 4.74 Å². The van der Waals surface area contributed by atoms with Crippen molar-refractivity contribution in [3.05, 3.63) is 30.5 Å². The first-order chi connectivity index (χ1) is 7.81. The number of pyridine rings is 1. The van der Waals surface area contributed by atoms with Crippen LogP contribution < -0.4 is 10.1 Å². The third-order valence-electron chi connectivity index (χ3n) is 2.21. The molecule has 0 radical (unpaired) electrons. The van der Waals surface area contributed by atoms with Gasteiger partial charge in [-0.3, -0.25) is 0 Å². The summed E-state index contributed by atoms with van der Waals surface area (Å²) in [5.74, 6) is 2.25. The van der Waals surface area contributed by atoms with Gasteiger partial charge < -0.3 is 14.6 Å². The molecule has 0 aliphatic rings. The van der Waals surface area contributed by atoms with E-state index in [1.54, 1.807) is 19.6 Å². The van der Waals surface area contributed by atoms with Gasteiger partial charge in [-0.25, -0.2) is 4.98 Å². The molecule has 0 saturated carbocycles. The third kappa shape index (κ3) is 2.10. The van der Waals surface area contributed by atoms with Crippen LogP contribution in [0.2, 0.25) is 0 Å². The fourth-order valence-corrected chi connectivity index (χ4v) is 1.32. The number of hydrogen-bond donors (Lipinski definition) is 1. The highest BCUT2D eigenvalue weighted by atomic mass is 16.5. The molecule has 0 unspecified atom stereocenters. The molecule has 2 heterocycles. The molecule has 0 amide bonds. The fourth-order valence-electron chi connectivity index (χ4n) is 1.32. The Labute approximate surface area is 93.3 Å². The van der Waals surface area contributed by atoms with E-state index in [9.17, 15) is 0 Å². The van der Waals surface area contributed by atoms with Gasteiger partial charge in [0.1, 0.15) is 6.33 Å². The Balaban J connectivity index is 2.07. The maximum Gasteiger partial charge on any atom is 0.169 e. The average molecular weight is 219 g/mol. The van der Waals surface area contributed by atoms with Gasteiger partial charge in [0.2, 0.25) is 0 Å². The Morgan fingerprint density at radius 2 is 2.38 bits per heavy atom. The number of nitrogens with zero attached hydrogens (tertiary/aromatic N) is 4. The van der Waals surface area contributed by atoms with Crippen LogP contribution in [0, 0.1) is 0 Å². The second kappa shape index (κ2) is 4.61. The van der Waals surface area contributed by atoms with Gasteiger partial charge in [0.05, 0.1) is 13.7 Å². The van der Waals surface area contributed by atoms with Gasteiger partial charge in [-0.2, -0.15) is 0 Å². The molecule has 0 fully saturated rings. The highest BCUT2D eigenvalue weighted by Gasteiger charge is 2.04. The Hall–Kier alpha value is -2.11. The molecule has 0 atom stereocenters. The van der Waals surface area contributed by atoms with Crippen LogP contribution in [0.1, 0.15) is 5.82 Å². The normalized spacial score (nSPS) is 10.1. The van der Waals surface area contributed by atoms with Crippen LogP contribution in [0.5, 0.6) is 5.75 Å². The lowest BCUT2D eigenvalue weighted by Gasteiger charge is -2.08. The quantitative estimate of drug-likeness (QED) is 0.825. The number of nitrogens with one attached hydrogen (secondary N) is 1. The minimum Gasteiger partial charge on any atom is -0.493 e. The molecule has 0 aromatic carbocycles. The topological polar surface area (TPSA) is 64.9 Å². The van der Waals surface area contributed by atoms with Crippen molar-refractivity contribution < 1.29 is 4.74 Å². The van der Waals surface area contributed by atoms with Crippen LogP contribution in [0.4, 0.5) is 5.82 Å². The summed E-state index contributed by atoms with van der Waals surface area (Å²) in [5.41, 5.74) is 0. The van der Waals surface area contributed by atoms with Crippen LogP contribution in [-0.2, 0) is 13.6 Å². The summed E-state index contributed by atoms with van der Waals surface area (Å²) in [6.45, 7) is 0.559. The SMILES string of the molecule is COc1cccnc1NCc1nncn1C. The summed E-state index contributed by atoms with van der Waals surface area (Å²) in [6.07, 6.45) is 3.37. The van der Waals surface area contributed by atoms with E-state index in [1.807, 2.05) is 23.7 Å². The predicted octanol–water partition coefficient (Wildman–Crippen LogP) is 0.831. The molecule has 16 heavy (non-hydrogen) atoms. The highest BCUT2D eigenvalue weighted by Crippen LogP contribution is 2.20. The van der Waals surface area contributed by atoms with Crippen LogP contribution >= 0.6 is 0 Å². The van der Waals surface area contributed by atoms with Gasteiger partial charge in [0.25, 0.3) is 0 Å². The van der Waals surface area contributed by atoms with Gasteiger partial charge >= 0.3 is 0 Å². The molecule has 1 N–H and O–H groups in total. The summed E-state index contributed by atoms with van der Waals surface area (Å²) < 4.78 is 7.03. The minimum atomic E-state index is 0.559. The van der Waals surface area contributed by atoms with Crippen molar-refractivity contribution in [2.45, 2.75) is 6.54 Å². The first kappa shape index (κ1) is 10.4. The van der Waals surface area contributed by atoms with E-state index in [2.05, 4.69) is 20.5 Å². The van der Waals surface area contributed by atoms with Crippen molar-refractivity contribution in [1.29, 1.82) is 0 Å². The van der Waals surface area contributed by atoms with Crippen molar-refractivity contribution in [2.24, 2.45) is 7.05 Å². The van der Waals surface area contributed by atoms with Crippen molar-refractivity contribution in [1.82, 2.24) is 19.7 Å². The molecule has 6 nitrogen and oxygen atoms in total. The van der Waals surface area contributed by atoms with E-state index in [0.717, 1.165) is 5.82 Å². The lowest BCUT2D eigenvalue weighted by molar-refractivity contribution is 0.414. The number of hydrogen-bond acceptors (Lipinski definition) is 5. The van der Waals surface area contributed by atoms with Crippen LogP contribution in [0.3, 0.4) is 0 Å². The van der Waals surface area contributed by atoms with Gasteiger partial charge in [-0.15, -0.1) is 10.2 Å². The number of aromatic nitrogens is 4. The van der Waals surface area contributed by atoms with Crippen molar-refractivity contribution >= 4 is 5.82 Å². The Morgan fingerprint density at radius 1 is 1.50 bits per heavy atom. The van der Waals surface area contributed by atoms with Crippen molar-refractivity contribution in [3.63, 3.8) is 0 Å². The highest BCUT2D eigenvalue weighted by molar-refractivity contribution is 5.49. The van der Waals surface area contributed by atoms with Crippen LogP contribution in [-0.4, -0.2) is 26.9 Å². The summed E-state index contributed by atoms with van der Waals surface area (Å²) in [7, 11) is 3.51. The summed E-state index contributed by atoms with van der Waals surface area (Å²) in [6, 6.07) is 3.68. The summed E-state index contributed by atoms with van der Waals surface area (Å²) in [5, 5.41) is 10.9. The Kier molecular flexibility index (Phi) is 3.00. The third-order valence-corrected chi connectivity index (χ3v) is 2.21. The lowest BCUT2D eigenvalue weighted by Crippen LogP contribution is -2.07. The molecular weight excluding hydrogens is 206 g/mol. The van der Waals surface area contributed by atoms with Gasteiger partial charge in [-0.05, 0) is 12.1 Å². The first-order valence-electron chi connectivity index (χ1n) is 4.87. The molecule has 0 bridgehead atoms. The molecule has 84 valence electrons. The second-order valence-electron chi connectivity index (χ2n) is 3.27. The standard InChI is InChI=1S/C10H13N5O/c1-15-7-13-14-9(15)6-12-10-8(16-2)4-3-5-11-10/h3-5,7H,6H2,1-2H3,(H,11,12). The predicted molar refractivity (Wildman–Crippen MR) is 59.1 cm³/mol. The molecule has 0 spiro atoms. The monoisotopic (exact) mass is 219 g/mol. The fraction of sp³-hybridized carbons (Fsp3) is 0.300. The van der Waals surface area contributed by atoms with Crippen molar-refractivity contribution in [2.75, 3.05) is 12.4 Å². The summed E-state index contributed by atoms with van der Waals surface area (Å²) in [4.78, 5) is 4.19. The molecular formula is C10H13N5O. The lowest BCUT2D eigenvalue weighted by atomic mass is 10.4. The number of rotatable bonds is 4. The molecule has 0 aliphatic heterocycles. The number of methoxy groups -OCH3 is 1. The van der Waals surface area contributed by atoms with Gasteiger partial charge in [0, 0.05) is 13.2 Å². The molecule has 0 saturated heterocycles. The van der Waals surface area contributed by atoms with E-state index < -0.39 is 0 Å². The average Bonchev–Trinajstić information content (AvgIpc) is 2.72.